The van der Waals surface area contributed by atoms with Gasteiger partial charge in [0.15, 0.2) is 0 Å². The highest BCUT2D eigenvalue weighted by Crippen LogP contribution is 2.23. The van der Waals surface area contributed by atoms with Gasteiger partial charge in [-0.1, -0.05) is 22.9 Å². The summed E-state index contributed by atoms with van der Waals surface area (Å²) in [6.07, 6.45) is 0.930. The Morgan fingerprint density at radius 2 is 1.74 bits per heavy atom. The molecule has 0 aromatic heterocycles. The number of benzene rings is 1. The Hall–Kier alpha value is -1.23. The lowest BCUT2D eigenvalue weighted by Gasteiger charge is -2.21. The molecular formula is C14H20BrNO3. The average molecular weight is 330 g/mol. The Labute approximate surface area is 122 Å². The van der Waals surface area contributed by atoms with E-state index in [0.29, 0.717) is 23.6 Å². The van der Waals surface area contributed by atoms with Crippen LogP contribution in [-0.2, 0) is 0 Å². The summed E-state index contributed by atoms with van der Waals surface area (Å²) in [5.41, 5.74) is 0.589. The number of nitrogens with zero attached hydrogens (tertiary/aromatic N) is 1. The van der Waals surface area contributed by atoms with E-state index in [1.54, 1.807) is 32.4 Å². The third kappa shape index (κ3) is 4.42. The molecule has 0 radical (unpaired) electrons. The number of carbonyl (C=O) groups is 1. The number of hydrogen-bond acceptors (Lipinski definition) is 3. The zero-order valence-electron chi connectivity index (χ0n) is 11.6. The van der Waals surface area contributed by atoms with Crippen molar-refractivity contribution in [3.8, 4) is 11.5 Å². The minimum absolute atomic E-state index is 0.00139. The maximum atomic E-state index is 12.5. The molecule has 0 saturated carbocycles. The molecule has 1 amide bonds. The summed E-state index contributed by atoms with van der Waals surface area (Å²) in [4.78, 5) is 14.3. The van der Waals surface area contributed by atoms with E-state index >= 15 is 0 Å². The van der Waals surface area contributed by atoms with Crippen LogP contribution in [0.2, 0.25) is 0 Å². The largest absolute Gasteiger partial charge is 0.497 e. The van der Waals surface area contributed by atoms with Crippen LogP contribution in [0.15, 0.2) is 18.2 Å². The fourth-order valence-electron chi connectivity index (χ4n) is 1.80. The van der Waals surface area contributed by atoms with Gasteiger partial charge in [-0.3, -0.25) is 4.79 Å². The quantitative estimate of drug-likeness (QED) is 0.722. The van der Waals surface area contributed by atoms with Crippen molar-refractivity contribution in [3.05, 3.63) is 23.8 Å². The van der Waals surface area contributed by atoms with Crippen LogP contribution < -0.4 is 9.47 Å². The summed E-state index contributed by atoms with van der Waals surface area (Å²) in [5, 5.41) is 0.764. The summed E-state index contributed by atoms with van der Waals surface area (Å²) < 4.78 is 10.4. The smallest absolute Gasteiger partial charge is 0.254 e. The van der Waals surface area contributed by atoms with Gasteiger partial charge in [0.1, 0.15) is 11.5 Å². The van der Waals surface area contributed by atoms with E-state index in [-0.39, 0.29) is 5.91 Å². The number of amides is 1. The van der Waals surface area contributed by atoms with Crippen LogP contribution >= 0.6 is 15.9 Å². The molecule has 0 atom stereocenters. The van der Waals surface area contributed by atoms with Crippen LogP contribution in [0.25, 0.3) is 0 Å². The van der Waals surface area contributed by atoms with Crippen LogP contribution in [0.5, 0.6) is 11.5 Å². The zero-order valence-corrected chi connectivity index (χ0v) is 13.2. The molecule has 0 saturated heterocycles. The fraction of sp³-hybridized carbons (Fsp3) is 0.500. The topological polar surface area (TPSA) is 38.8 Å². The first kappa shape index (κ1) is 15.8. The number of halogens is 1. The molecule has 0 aliphatic rings. The van der Waals surface area contributed by atoms with Crippen molar-refractivity contribution < 1.29 is 14.3 Å². The SMILES string of the molecule is CCCN(CCBr)C(=O)c1cc(OC)cc(OC)c1. The van der Waals surface area contributed by atoms with Crippen molar-refractivity contribution in [2.45, 2.75) is 13.3 Å². The lowest BCUT2D eigenvalue weighted by Crippen LogP contribution is -2.33. The van der Waals surface area contributed by atoms with Gasteiger partial charge in [-0.2, -0.15) is 0 Å². The molecule has 0 spiro atoms. The predicted molar refractivity (Wildman–Crippen MR) is 79.5 cm³/mol. The number of rotatable bonds is 7. The van der Waals surface area contributed by atoms with E-state index in [0.717, 1.165) is 18.3 Å². The lowest BCUT2D eigenvalue weighted by molar-refractivity contribution is 0.0765. The molecule has 5 heteroatoms. The van der Waals surface area contributed by atoms with Crippen LogP contribution in [0, 0.1) is 0 Å². The minimum Gasteiger partial charge on any atom is -0.497 e. The first-order chi connectivity index (χ1) is 9.15. The van der Waals surface area contributed by atoms with Crippen LogP contribution in [0.4, 0.5) is 0 Å². The normalized spacial score (nSPS) is 10.1. The Morgan fingerprint density at radius 1 is 1.16 bits per heavy atom. The fourth-order valence-corrected chi connectivity index (χ4v) is 2.23. The molecule has 0 fully saturated rings. The molecule has 0 bridgehead atoms. The molecule has 1 aromatic carbocycles. The molecule has 1 rings (SSSR count). The van der Waals surface area contributed by atoms with E-state index < -0.39 is 0 Å². The zero-order chi connectivity index (χ0) is 14.3. The number of hydrogen-bond donors (Lipinski definition) is 0. The van der Waals surface area contributed by atoms with Crippen LogP contribution in [-0.4, -0.2) is 43.4 Å². The summed E-state index contributed by atoms with van der Waals surface area (Å²) in [5.74, 6) is 1.24. The van der Waals surface area contributed by atoms with Crippen molar-refractivity contribution in [2.24, 2.45) is 0 Å². The average Bonchev–Trinajstić information content (AvgIpc) is 2.45. The summed E-state index contributed by atoms with van der Waals surface area (Å²) in [7, 11) is 3.15. The summed E-state index contributed by atoms with van der Waals surface area (Å²) in [6, 6.07) is 5.23. The minimum atomic E-state index is -0.00139. The van der Waals surface area contributed by atoms with Gasteiger partial charge in [0, 0.05) is 30.0 Å². The number of methoxy groups -OCH3 is 2. The highest BCUT2D eigenvalue weighted by molar-refractivity contribution is 9.09. The predicted octanol–water partition coefficient (Wildman–Crippen LogP) is 2.95. The van der Waals surface area contributed by atoms with Crippen molar-refractivity contribution in [1.82, 2.24) is 4.90 Å². The van der Waals surface area contributed by atoms with Gasteiger partial charge >= 0.3 is 0 Å². The highest BCUT2D eigenvalue weighted by Gasteiger charge is 2.16. The third-order valence-electron chi connectivity index (χ3n) is 2.73. The van der Waals surface area contributed by atoms with E-state index in [9.17, 15) is 4.79 Å². The standard InChI is InChI=1S/C14H20BrNO3/c1-4-6-16(7-5-15)14(17)11-8-12(18-2)10-13(9-11)19-3/h8-10H,4-7H2,1-3H3. The Balaban J connectivity index is 3.01. The molecular weight excluding hydrogens is 310 g/mol. The van der Waals surface area contributed by atoms with Crippen molar-refractivity contribution in [2.75, 3.05) is 32.6 Å². The first-order valence-corrected chi connectivity index (χ1v) is 7.36. The number of ether oxygens (including phenoxy) is 2. The number of carbonyl (C=O) groups excluding carboxylic acids is 1. The van der Waals surface area contributed by atoms with Gasteiger partial charge in [-0.25, -0.2) is 0 Å². The third-order valence-corrected chi connectivity index (χ3v) is 3.09. The lowest BCUT2D eigenvalue weighted by atomic mass is 10.1. The molecule has 0 N–H and O–H groups in total. The molecule has 0 unspecified atom stereocenters. The second kappa shape index (κ2) is 8.04. The molecule has 0 aliphatic heterocycles. The summed E-state index contributed by atoms with van der Waals surface area (Å²) >= 11 is 3.37. The summed E-state index contributed by atoms with van der Waals surface area (Å²) in [6.45, 7) is 3.48. The van der Waals surface area contributed by atoms with E-state index in [2.05, 4.69) is 22.9 Å². The van der Waals surface area contributed by atoms with Gasteiger partial charge in [-0.05, 0) is 18.6 Å². The van der Waals surface area contributed by atoms with Gasteiger partial charge in [-0.15, -0.1) is 0 Å². The molecule has 0 aliphatic carbocycles. The Kier molecular flexibility index (Phi) is 6.70. The van der Waals surface area contributed by atoms with E-state index in [1.807, 2.05) is 4.90 Å². The highest BCUT2D eigenvalue weighted by atomic mass is 79.9. The molecule has 4 nitrogen and oxygen atoms in total. The molecule has 106 valence electrons. The molecule has 1 aromatic rings. The molecule has 0 heterocycles. The van der Waals surface area contributed by atoms with E-state index in [4.69, 9.17) is 9.47 Å². The number of alkyl halides is 1. The van der Waals surface area contributed by atoms with Crippen LogP contribution in [0.3, 0.4) is 0 Å². The second-order valence-corrected chi connectivity index (χ2v) is 4.88. The van der Waals surface area contributed by atoms with Crippen LogP contribution in [0.1, 0.15) is 23.7 Å². The van der Waals surface area contributed by atoms with Gasteiger partial charge < -0.3 is 14.4 Å². The van der Waals surface area contributed by atoms with E-state index in [1.165, 1.54) is 0 Å². The van der Waals surface area contributed by atoms with Gasteiger partial charge in [0.25, 0.3) is 5.91 Å². The van der Waals surface area contributed by atoms with Crippen molar-refractivity contribution >= 4 is 21.8 Å². The van der Waals surface area contributed by atoms with Gasteiger partial charge in [0.05, 0.1) is 14.2 Å². The Bertz CT molecular complexity index is 395. The maximum Gasteiger partial charge on any atom is 0.254 e. The first-order valence-electron chi connectivity index (χ1n) is 6.24. The maximum absolute atomic E-state index is 12.5. The van der Waals surface area contributed by atoms with Gasteiger partial charge in [0.2, 0.25) is 0 Å². The second-order valence-electron chi connectivity index (χ2n) is 4.08. The van der Waals surface area contributed by atoms with Crippen molar-refractivity contribution in [1.29, 1.82) is 0 Å². The van der Waals surface area contributed by atoms with Crippen molar-refractivity contribution in [3.63, 3.8) is 0 Å². The Morgan fingerprint density at radius 3 is 2.16 bits per heavy atom. The molecule has 19 heavy (non-hydrogen) atoms. The monoisotopic (exact) mass is 329 g/mol.